The first kappa shape index (κ1) is 35.4. The van der Waals surface area contributed by atoms with Crippen molar-refractivity contribution in [1.29, 1.82) is 0 Å². The van der Waals surface area contributed by atoms with Crippen molar-refractivity contribution >= 4 is 0 Å². The molecule has 0 N–H and O–H groups in total. The predicted octanol–water partition coefficient (Wildman–Crippen LogP) is 12.4. The third kappa shape index (κ3) is 20.3. The lowest BCUT2D eigenvalue weighted by atomic mass is 10.1. The molecule has 1 heterocycles. The Balaban J connectivity index is 2.20. The topological polar surface area (TPSA) is 6.48 Å². The van der Waals surface area contributed by atoms with Crippen LogP contribution in [0.2, 0.25) is 0 Å². The summed E-state index contributed by atoms with van der Waals surface area (Å²) < 4.78 is 0. The van der Waals surface area contributed by atoms with E-state index in [4.69, 9.17) is 0 Å². The summed E-state index contributed by atoms with van der Waals surface area (Å²) in [7, 11) is 0. The Morgan fingerprint density at radius 3 is 0.921 bits per heavy atom. The first-order valence-electron chi connectivity index (χ1n) is 18.0. The molecule has 0 saturated carbocycles. The summed E-state index contributed by atoms with van der Waals surface area (Å²) in [6.07, 6.45) is 45.4. The van der Waals surface area contributed by atoms with Gasteiger partial charge >= 0.3 is 0 Å². The number of rotatable bonds is 30. The zero-order valence-electron chi connectivity index (χ0n) is 26.8. The van der Waals surface area contributed by atoms with Gasteiger partial charge in [0.05, 0.1) is 0 Å². The molecule has 0 spiro atoms. The van der Waals surface area contributed by atoms with E-state index in [0.717, 1.165) is 0 Å². The number of hydrogen-bond acceptors (Lipinski definition) is 2. The summed E-state index contributed by atoms with van der Waals surface area (Å²) in [5.74, 6) is 0. The van der Waals surface area contributed by atoms with E-state index < -0.39 is 0 Å². The highest BCUT2D eigenvalue weighted by atomic mass is 15.4. The molecule has 0 aromatic heterocycles. The van der Waals surface area contributed by atoms with Gasteiger partial charge in [0.2, 0.25) is 0 Å². The van der Waals surface area contributed by atoms with E-state index in [9.17, 15) is 0 Å². The van der Waals surface area contributed by atoms with E-state index in [0.29, 0.717) is 6.17 Å². The molecule has 1 aliphatic heterocycles. The SMILES string of the molecule is CCCCCCCCCCCCCN1C=CN(CCCCCCCCCCCC)C1CCCCCCCC. The van der Waals surface area contributed by atoms with E-state index in [2.05, 4.69) is 43.0 Å². The summed E-state index contributed by atoms with van der Waals surface area (Å²) in [5, 5.41) is 0. The van der Waals surface area contributed by atoms with Crippen LogP contribution in [0.1, 0.15) is 201 Å². The zero-order valence-corrected chi connectivity index (χ0v) is 26.8. The van der Waals surface area contributed by atoms with Crippen LogP contribution in [0.3, 0.4) is 0 Å². The van der Waals surface area contributed by atoms with Crippen molar-refractivity contribution in [3.63, 3.8) is 0 Å². The summed E-state index contributed by atoms with van der Waals surface area (Å²) in [6, 6.07) is 0. The van der Waals surface area contributed by atoms with Crippen LogP contribution in [0.5, 0.6) is 0 Å². The molecule has 226 valence electrons. The second-order valence-corrected chi connectivity index (χ2v) is 12.5. The lowest BCUT2D eigenvalue weighted by molar-refractivity contribution is 0.135. The lowest BCUT2D eigenvalue weighted by Gasteiger charge is -2.33. The highest BCUT2D eigenvalue weighted by molar-refractivity contribution is 4.97. The minimum atomic E-state index is 0.642. The molecule has 0 saturated heterocycles. The maximum atomic E-state index is 2.70. The molecular formula is C36H72N2. The standard InChI is InChI=1S/C36H72N2/c1-4-7-10-13-16-18-20-22-24-27-30-33-38-35-34-37(36(38)31-28-25-15-12-9-6-3)32-29-26-23-21-19-17-14-11-8-5-2/h34-36H,4-33H2,1-3H3. The molecule has 1 unspecified atom stereocenters. The second-order valence-electron chi connectivity index (χ2n) is 12.5. The molecule has 1 rings (SSSR count). The zero-order chi connectivity index (χ0) is 27.4. The molecule has 0 fully saturated rings. The molecule has 0 aliphatic carbocycles. The van der Waals surface area contributed by atoms with Gasteiger partial charge in [-0.15, -0.1) is 0 Å². The first-order valence-corrected chi connectivity index (χ1v) is 18.0. The molecule has 1 atom stereocenters. The van der Waals surface area contributed by atoms with Crippen molar-refractivity contribution in [3.8, 4) is 0 Å². The molecular weight excluding hydrogens is 460 g/mol. The molecule has 0 bridgehead atoms. The van der Waals surface area contributed by atoms with Crippen molar-refractivity contribution in [3.05, 3.63) is 12.4 Å². The number of unbranched alkanes of at least 4 members (excludes halogenated alkanes) is 24. The van der Waals surface area contributed by atoms with Crippen molar-refractivity contribution < 1.29 is 0 Å². The lowest BCUT2D eigenvalue weighted by Crippen LogP contribution is -2.39. The third-order valence-corrected chi connectivity index (χ3v) is 8.82. The van der Waals surface area contributed by atoms with Crippen LogP contribution >= 0.6 is 0 Å². The van der Waals surface area contributed by atoms with Crippen LogP contribution in [0.25, 0.3) is 0 Å². The van der Waals surface area contributed by atoms with E-state index in [-0.39, 0.29) is 0 Å². The van der Waals surface area contributed by atoms with Crippen molar-refractivity contribution in [2.45, 2.75) is 207 Å². The molecule has 2 nitrogen and oxygen atoms in total. The van der Waals surface area contributed by atoms with Gasteiger partial charge in [0.25, 0.3) is 0 Å². The van der Waals surface area contributed by atoms with Crippen molar-refractivity contribution in [1.82, 2.24) is 9.80 Å². The average Bonchev–Trinajstić information content (AvgIpc) is 3.31. The second kappa shape index (κ2) is 27.9. The maximum absolute atomic E-state index is 2.70. The smallest absolute Gasteiger partial charge is 0.101 e. The Labute approximate surface area is 241 Å². The minimum Gasteiger partial charge on any atom is -0.356 e. The molecule has 38 heavy (non-hydrogen) atoms. The fraction of sp³-hybridized carbons (Fsp3) is 0.944. The van der Waals surface area contributed by atoms with Gasteiger partial charge in [-0.05, 0) is 25.7 Å². The molecule has 2 heteroatoms. The number of hydrogen-bond donors (Lipinski definition) is 0. The Bertz CT molecular complexity index is 488. The minimum absolute atomic E-state index is 0.642. The Morgan fingerprint density at radius 1 is 0.342 bits per heavy atom. The van der Waals surface area contributed by atoms with Crippen LogP contribution in [0.4, 0.5) is 0 Å². The van der Waals surface area contributed by atoms with Crippen LogP contribution in [0.15, 0.2) is 12.4 Å². The van der Waals surface area contributed by atoms with Crippen LogP contribution in [-0.4, -0.2) is 29.1 Å². The van der Waals surface area contributed by atoms with Gasteiger partial charge in [-0.2, -0.15) is 0 Å². The molecule has 1 aliphatic rings. The highest BCUT2D eigenvalue weighted by Gasteiger charge is 2.24. The summed E-state index contributed by atoms with van der Waals surface area (Å²) >= 11 is 0. The highest BCUT2D eigenvalue weighted by Crippen LogP contribution is 2.24. The summed E-state index contributed by atoms with van der Waals surface area (Å²) in [5.41, 5.74) is 0. The average molecular weight is 533 g/mol. The Kier molecular flexibility index (Phi) is 26.0. The van der Waals surface area contributed by atoms with Gasteiger partial charge < -0.3 is 9.80 Å². The molecule has 0 aromatic rings. The van der Waals surface area contributed by atoms with E-state index >= 15 is 0 Å². The van der Waals surface area contributed by atoms with Gasteiger partial charge in [0, 0.05) is 25.5 Å². The van der Waals surface area contributed by atoms with Gasteiger partial charge in [-0.25, -0.2) is 0 Å². The molecule has 0 radical (unpaired) electrons. The maximum Gasteiger partial charge on any atom is 0.101 e. The Hall–Kier alpha value is -0.660. The van der Waals surface area contributed by atoms with Crippen LogP contribution < -0.4 is 0 Å². The van der Waals surface area contributed by atoms with Gasteiger partial charge in [0.1, 0.15) is 6.17 Å². The van der Waals surface area contributed by atoms with Gasteiger partial charge in [0.15, 0.2) is 0 Å². The van der Waals surface area contributed by atoms with E-state index in [1.165, 1.54) is 193 Å². The molecule has 0 aromatic carbocycles. The Morgan fingerprint density at radius 2 is 0.605 bits per heavy atom. The van der Waals surface area contributed by atoms with Crippen molar-refractivity contribution in [2.24, 2.45) is 0 Å². The van der Waals surface area contributed by atoms with Crippen LogP contribution in [-0.2, 0) is 0 Å². The monoisotopic (exact) mass is 533 g/mol. The third-order valence-electron chi connectivity index (χ3n) is 8.82. The van der Waals surface area contributed by atoms with Crippen LogP contribution in [0, 0.1) is 0 Å². The summed E-state index contributed by atoms with van der Waals surface area (Å²) in [6.45, 7) is 9.48. The predicted molar refractivity (Wildman–Crippen MR) is 173 cm³/mol. The van der Waals surface area contributed by atoms with E-state index in [1.807, 2.05) is 0 Å². The first-order chi connectivity index (χ1) is 18.8. The largest absolute Gasteiger partial charge is 0.356 e. The molecule has 0 amide bonds. The number of nitrogens with zero attached hydrogens (tertiary/aromatic N) is 2. The van der Waals surface area contributed by atoms with Gasteiger partial charge in [-0.3, -0.25) is 0 Å². The fourth-order valence-corrected chi connectivity index (χ4v) is 6.19. The summed E-state index contributed by atoms with van der Waals surface area (Å²) in [4.78, 5) is 5.41. The normalized spacial score (nSPS) is 15.3. The quantitative estimate of drug-likeness (QED) is 0.0848. The fourth-order valence-electron chi connectivity index (χ4n) is 6.19. The van der Waals surface area contributed by atoms with E-state index in [1.54, 1.807) is 0 Å². The van der Waals surface area contributed by atoms with Gasteiger partial charge in [-0.1, -0.05) is 175 Å². The van der Waals surface area contributed by atoms with Crippen molar-refractivity contribution in [2.75, 3.05) is 13.1 Å².